The van der Waals surface area contributed by atoms with E-state index in [0.29, 0.717) is 36.7 Å². The summed E-state index contributed by atoms with van der Waals surface area (Å²) >= 11 is 3.30. The minimum Gasteiger partial charge on any atom is -0.378 e. The van der Waals surface area contributed by atoms with Crippen LogP contribution in [0.3, 0.4) is 0 Å². The van der Waals surface area contributed by atoms with E-state index < -0.39 is 18.1 Å². The molecule has 4 aromatic rings. The zero-order chi connectivity index (χ0) is 28.3. The number of hydrogen-bond acceptors (Lipinski definition) is 8. The van der Waals surface area contributed by atoms with Gasteiger partial charge in [-0.2, -0.15) is 8.42 Å². The summed E-state index contributed by atoms with van der Waals surface area (Å²) in [4.78, 5) is 15.5. The Morgan fingerprint density at radius 1 is 1.05 bits per heavy atom. The van der Waals surface area contributed by atoms with Gasteiger partial charge in [-0.3, -0.25) is 4.72 Å². The zero-order valence-corrected chi connectivity index (χ0v) is 26.2. The number of morpholine rings is 1. The van der Waals surface area contributed by atoms with Gasteiger partial charge in [0.1, 0.15) is 24.5 Å². The minimum absolute atomic E-state index is 0.0595. The van der Waals surface area contributed by atoms with Gasteiger partial charge >= 0.3 is 0 Å². The predicted octanol–water partition coefficient (Wildman–Crippen LogP) is 5.21. The molecule has 0 aliphatic carbocycles. The Bertz CT molecular complexity index is 1590. The first kappa shape index (κ1) is 28.7. The Hall–Kier alpha value is -2.84. The topological polar surface area (TPSA) is 111 Å². The molecule has 0 radical (unpaired) electrons. The number of pyridine rings is 1. The van der Waals surface area contributed by atoms with Crippen molar-refractivity contribution in [1.29, 1.82) is 0 Å². The highest BCUT2D eigenvalue weighted by atomic mass is 79.9. The van der Waals surface area contributed by atoms with Crippen LogP contribution in [-0.4, -0.2) is 68.9 Å². The zero-order valence-electron chi connectivity index (χ0n) is 22.8. The molecule has 1 aromatic carbocycles. The Balaban J connectivity index is 1.46. The molecule has 4 heterocycles. The Morgan fingerprint density at radius 3 is 2.50 bits per heavy atom. The van der Waals surface area contributed by atoms with Crippen molar-refractivity contribution in [3.63, 3.8) is 0 Å². The van der Waals surface area contributed by atoms with Gasteiger partial charge in [-0.05, 0) is 41.9 Å². The van der Waals surface area contributed by atoms with Crippen molar-refractivity contribution in [2.75, 3.05) is 42.5 Å². The largest absolute Gasteiger partial charge is 0.378 e. The Kier molecular flexibility index (Phi) is 8.57. The third-order valence-corrected chi connectivity index (χ3v) is 10.1. The lowest BCUT2D eigenvalue weighted by Gasteiger charge is -2.28. The van der Waals surface area contributed by atoms with Gasteiger partial charge in [0.05, 0.1) is 24.3 Å². The third kappa shape index (κ3) is 6.71. The fourth-order valence-electron chi connectivity index (χ4n) is 4.43. The van der Waals surface area contributed by atoms with Gasteiger partial charge in [-0.15, -0.1) is 0 Å². The van der Waals surface area contributed by atoms with Crippen LogP contribution < -0.4 is 9.62 Å². The van der Waals surface area contributed by atoms with E-state index in [1.807, 2.05) is 12.1 Å². The average Bonchev–Trinajstić information content (AvgIpc) is 3.30. The highest BCUT2D eigenvalue weighted by molar-refractivity contribution is 9.10. The normalized spacial score (nSPS) is 14.6. The molecule has 1 aliphatic heterocycles. The first-order chi connectivity index (χ1) is 19.1. The summed E-state index contributed by atoms with van der Waals surface area (Å²) in [5, 5.41) is 0.884. The van der Waals surface area contributed by atoms with Crippen LogP contribution in [0.1, 0.15) is 0 Å². The van der Waals surface area contributed by atoms with Crippen LogP contribution >= 0.6 is 15.9 Å². The van der Waals surface area contributed by atoms with Crippen molar-refractivity contribution in [1.82, 2.24) is 19.5 Å². The number of ether oxygens (including phenoxy) is 2. The van der Waals surface area contributed by atoms with Gasteiger partial charge < -0.3 is 18.9 Å². The second kappa shape index (κ2) is 11.9. The predicted molar refractivity (Wildman–Crippen MR) is 163 cm³/mol. The van der Waals surface area contributed by atoms with Crippen LogP contribution in [-0.2, 0) is 26.2 Å². The monoisotopic (exact) mass is 644 g/mol. The maximum Gasteiger partial charge on any atom is 0.279 e. The standard InChI is InChI=1S/C27H33BrN6O4SSi/c1-40(2,3)15-14-38-19-34-24(17-23-26(30-18-31-27(23)34)33-10-12-37-13-11-33)20-4-6-22(7-5-20)32-39(35,36)25-16-21(28)8-9-29-25/h4-9,16-18,32H,10-15,19H2,1-3H3. The van der Waals surface area contributed by atoms with E-state index in [4.69, 9.17) is 9.47 Å². The number of halogens is 1. The molecule has 0 atom stereocenters. The summed E-state index contributed by atoms with van der Waals surface area (Å²) in [6.07, 6.45) is 3.05. The third-order valence-electron chi connectivity index (χ3n) is 6.60. The fourth-order valence-corrected chi connectivity index (χ4v) is 6.71. The first-order valence-electron chi connectivity index (χ1n) is 13.1. The van der Waals surface area contributed by atoms with Crippen molar-refractivity contribution in [2.24, 2.45) is 0 Å². The van der Waals surface area contributed by atoms with Crippen LogP contribution in [0.4, 0.5) is 11.5 Å². The molecule has 13 heteroatoms. The second-order valence-corrected chi connectivity index (χ2v) is 19.0. The molecule has 3 aromatic heterocycles. The summed E-state index contributed by atoms with van der Waals surface area (Å²) in [6.45, 7) is 10.9. The summed E-state index contributed by atoms with van der Waals surface area (Å²) < 4.78 is 42.7. The Morgan fingerprint density at radius 2 is 1.80 bits per heavy atom. The quantitative estimate of drug-likeness (QED) is 0.185. The van der Waals surface area contributed by atoms with Gasteiger partial charge in [-0.25, -0.2) is 15.0 Å². The maximum absolute atomic E-state index is 12.8. The van der Waals surface area contributed by atoms with Crippen LogP contribution in [0.2, 0.25) is 25.7 Å². The molecule has 10 nitrogen and oxygen atoms in total. The molecule has 0 spiro atoms. The number of nitrogens with zero attached hydrogens (tertiary/aromatic N) is 5. The molecule has 40 heavy (non-hydrogen) atoms. The summed E-state index contributed by atoms with van der Waals surface area (Å²) in [7, 11) is -5.07. The van der Waals surface area contributed by atoms with E-state index in [1.54, 1.807) is 24.5 Å². The lowest BCUT2D eigenvalue weighted by molar-refractivity contribution is 0.0909. The summed E-state index contributed by atoms with van der Waals surface area (Å²) in [5.41, 5.74) is 3.06. The van der Waals surface area contributed by atoms with Gasteiger partial charge in [0.25, 0.3) is 10.0 Å². The van der Waals surface area contributed by atoms with Crippen molar-refractivity contribution < 1.29 is 17.9 Å². The van der Waals surface area contributed by atoms with Gasteiger partial charge in [-0.1, -0.05) is 47.7 Å². The SMILES string of the molecule is C[Si](C)(C)CCOCn1c(-c2ccc(NS(=O)(=O)c3cc(Br)ccn3)cc2)cc2c(N3CCOCC3)ncnc21. The highest BCUT2D eigenvalue weighted by Crippen LogP contribution is 2.33. The van der Waals surface area contributed by atoms with E-state index in [1.165, 1.54) is 12.3 Å². The minimum atomic E-state index is -3.83. The van der Waals surface area contributed by atoms with Crippen LogP contribution in [0.15, 0.2) is 64.5 Å². The highest BCUT2D eigenvalue weighted by Gasteiger charge is 2.22. The van der Waals surface area contributed by atoms with Crippen molar-refractivity contribution in [2.45, 2.75) is 37.4 Å². The number of aromatic nitrogens is 4. The molecule has 0 saturated carbocycles. The Labute approximate surface area is 243 Å². The number of benzene rings is 1. The van der Waals surface area contributed by atoms with Gasteiger partial charge in [0.15, 0.2) is 5.03 Å². The van der Waals surface area contributed by atoms with Crippen molar-refractivity contribution in [3.8, 4) is 11.3 Å². The number of hydrogen-bond donors (Lipinski definition) is 1. The molecule has 0 amide bonds. The van der Waals surface area contributed by atoms with Gasteiger partial charge in [0, 0.05) is 44.1 Å². The smallest absolute Gasteiger partial charge is 0.279 e. The van der Waals surface area contributed by atoms with E-state index in [2.05, 4.69) is 70.8 Å². The first-order valence-corrected chi connectivity index (χ1v) is 19.1. The molecule has 212 valence electrons. The maximum atomic E-state index is 12.8. The molecule has 0 bridgehead atoms. The average molecular weight is 646 g/mol. The molecule has 0 unspecified atom stereocenters. The number of anilines is 2. The molecule has 1 saturated heterocycles. The molecule has 1 aliphatic rings. The van der Waals surface area contributed by atoms with E-state index in [0.717, 1.165) is 47.2 Å². The van der Waals surface area contributed by atoms with Crippen LogP contribution in [0.5, 0.6) is 0 Å². The number of fused-ring (bicyclic) bond motifs is 1. The lowest BCUT2D eigenvalue weighted by atomic mass is 10.1. The van der Waals surface area contributed by atoms with Crippen LogP contribution in [0.25, 0.3) is 22.3 Å². The van der Waals surface area contributed by atoms with Crippen LogP contribution in [0, 0.1) is 0 Å². The van der Waals surface area contributed by atoms with E-state index in [9.17, 15) is 8.42 Å². The molecular formula is C27H33BrN6O4SSi. The second-order valence-electron chi connectivity index (χ2n) is 10.8. The lowest BCUT2D eigenvalue weighted by Crippen LogP contribution is -2.36. The number of sulfonamides is 1. The van der Waals surface area contributed by atoms with Gasteiger partial charge in [0.2, 0.25) is 0 Å². The van der Waals surface area contributed by atoms with Crippen molar-refractivity contribution >= 4 is 56.6 Å². The molecule has 5 rings (SSSR count). The summed E-state index contributed by atoms with van der Waals surface area (Å²) in [6, 6.07) is 13.6. The molecular weight excluding hydrogens is 612 g/mol. The fraction of sp³-hybridized carbons (Fsp3) is 0.370. The number of rotatable bonds is 10. The molecule has 1 N–H and O–H groups in total. The van der Waals surface area contributed by atoms with Crippen molar-refractivity contribution in [3.05, 3.63) is 59.5 Å². The molecule has 1 fully saturated rings. The number of nitrogens with one attached hydrogen (secondary N) is 1. The summed E-state index contributed by atoms with van der Waals surface area (Å²) in [5.74, 6) is 0.876. The van der Waals surface area contributed by atoms with E-state index in [-0.39, 0.29) is 5.03 Å². The van der Waals surface area contributed by atoms with E-state index >= 15 is 0 Å².